The van der Waals surface area contributed by atoms with Crippen molar-refractivity contribution in [1.29, 1.82) is 0 Å². The molecule has 1 atom stereocenters. The highest BCUT2D eigenvalue weighted by Crippen LogP contribution is 2.62. The highest BCUT2D eigenvalue weighted by Gasteiger charge is 2.51. The molecular weight excluding hydrogens is 669 g/mol. The van der Waals surface area contributed by atoms with Crippen LogP contribution in [0.25, 0.3) is 66.1 Å². The van der Waals surface area contributed by atoms with E-state index in [4.69, 9.17) is 4.74 Å². The first-order chi connectivity index (χ1) is 27.1. The Labute approximate surface area is 318 Å². The lowest BCUT2D eigenvalue weighted by atomic mass is 9.61. The molecule has 3 aliphatic rings. The van der Waals surface area contributed by atoms with Crippen LogP contribution in [0.5, 0.6) is 11.5 Å². The average Bonchev–Trinajstić information content (AvgIpc) is 3.84. The molecule has 55 heavy (non-hydrogen) atoms. The molecule has 1 aliphatic carbocycles. The molecule has 0 saturated carbocycles. The summed E-state index contributed by atoms with van der Waals surface area (Å²) in [4.78, 5) is 0. The van der Waals surface area contributed by atoms with Crippen molar-refractivity contribution in [1.82, 2.24) is 9.13 Å². The molecule has 2 aromatic heterocycles. The van der Waals surface area contributed by atoms with Gasteiger partial charge < -0.3 is 13.9 Å². The van der Waals surface area contributed by atoms with Gasteiger partial charge in [0.2, 0.25) is 0 Å². The molecule has 0 radical (unpaired) electrons. The number of para-hydroxylation sites is 5. The van der Waals surface area contributed by atoms with Gasteiger partial charge in [-0.1, -0.05) is 147 Å². The van der Waals surface area contributed by atoms with E-state index in [-0.39, 0.29) is 5.41 Å². The minimum atomic E-state index is -0.637. The quantitative estimate of drug-likeness (QED) is 0.167. The Bertz CT molecular complexity index is 3340. The van der Waals surface area contributed by atoms with Gasteiger partial charge in [-0.2, -0.15) is 0 Å². The lowest BCUT2D eigenvalue weighted by Gasteiger charge is -2.45. The third-order valence-corrected chi connectivity index (χ3v) is 13.2. The summed E-state index contributed by atoms with van der Waals surface area (Å²) in [6.07, 6.45) is 0. The number of fused-ring (bicyclic) bond motifs is 18. The van der Waals surface area contributed by atoms with Crippen molar-refractivity contribution in [2.75, 3.05) is 0 Å². The summed E-state index contributed by atoms with van der Waals surface area (Å²) < 4.78 is 12.3. The summed E-state index contributed by atoms with van der Waals surface area (Å²) in [6, 6.07) is 63.0. The molecule has 0 bridgehead atoms. The Morgan fingerprint density at radius 2 is 1.04 bits per heavy atom. The van der Waals surface area contributed by atoms with E-state index in [2.05, 4.69) is 193 Å². The van der Waals surface area contributed by atoms with Crippen LogP contribution in [0.3, 0.4) is 0 Å². The third-order valence-electron chi connectivity index (χ3n) is 13.2. The maximum atomic E-state index is 7.32. The van der Waals surface area contributed by atoms with Crippen LogP contribution in [-0.4, -0.2) is 9.13 Å². The van der Waals surface area contributed by atoms with Crippen molar-refractivity contribution >= 4 is 43.6 Å². The van der Waals surface area contributed by atoms with Crippen LogP contribution in [0, 0.1) is 0 Å². The zero-order chi connectivity index (χ0) is 36.2. The molecule has 3 heteroatoms. The molecule has 0 saturated heterocycles. The summed E-state index contributed by atoms with van der Waals surface area (Å²) in [5.41, 5.74) is 16.6. The maximum absolute atomic E-state index is 7.32. The van der Waals surface area contributed by atoms with Crippen LogP contribution in [-0.2, 0) is 10.8 Å². The summed E-state index contributed by atoms with van der Waals surface area (Å²) in [6.45, 7) is 4.72. The fourth-order valence-corrected chi connectivity index (χ4v) is 10.9. The van der Waals surface area contributed by atoms with Crippen molar-refractivity contribution in [3.63, 3.8) is 0 Å². The van der Waals surface area contributed by atoms with Crippen molar-refractivity contribution < 1.29 is 4.74 Å². The number of ether oxygens (including phenoxy) is 1. The van der Waals surface area contributed by atoms with E-state index in [0.717, 1.165) is 33.8 Å². The van der Waals surface area contributed by atoms with Crippen LogP contribution in [0.1, 0.15) is 47.2 Å². The van der Waals surface area contributed by atoms with Gasteiger partial charge in [0.15, 0.2) is 5.75 Å². The Kier molecular flexibility index (Phi) is 5.39. The van der Waals surface area contributed by atoms with Crippen LogP contribution in [0.15, 0.2) is 170 Å². The fraction of sp³-hybridized carbons (Fsp3) is 0.0769. The third kappa shape index (κ3) is 3.40. The van der Waals surface area contributed by atoms with E-state index >= 15 is 0 Å². The Morgan fingerprint density at radius 3 is 1.87 bits per heavy atom. The maximum Gasteiger partial charge on any atom is 0.156 e. The fourth-order valence-electron chi connectivity index (χ4n) is 10.9. The SMILES string of the molecule is CC1(C)c2ccccc2-c2ccc(-n3c4ccccc4c4ccc5c(c43)Oc3ccccc3C53c4ccccc4-n4c5ccccc5c5cccc3c54)cc21. The molecule has 2 aliphatic heterocycles. The highest BCUT2D eigenvalue weighted by molar-refractivity contribution is 6.14. The van der Waals surface area contributed by atoms with Gasteiger partial charge >= 0.3 is 0 Å². The minimum absolute atomic E-state index is 0.122. The van der Waals surface area contributed by atoms with Gasteiger partial charge in [-0.05, 0) is 69.8 Å². The van der Waals surface area contributed by atoms with Crippen molar-refractivity contribution in [2.45, 2.75) is 24.7 Å². The number of benzene rings is 8. The average molecular weight is 703 g/mol. The summed E-state index contributed by atoms with van der Waals surface area (Å²) in [7, 11) is 0. The molecule has 1 spiro atoms. The van der Waals surface area contributed by atoms with Crippen LogP contribution < -0.4 is 4.74 Å². The lowest BCUT2D eigenvalue weighted by Crippen LogP contribution is -2.37. The van der Waals surface area contributed by atoms with Gasteiger partial charge in [0.25, 0.3) is 0 Å². The van der Waals surface area contributed by atoms with Crippen molar-refractivity contribution in [3.8, 4) is 34.0 Å². The smallest absolute Gasteiger partial charge is 0.156 e. The van der Waals surface area contributed by atoms with Crippen molar-refractivity contribution in [3.05, 3.63) is 203 Å². The first-order valence-corrected chi connectivity index (χ1v) is 19.3. The Balaban J connectivity index is 1.19. The van der Waals surface area contributed by atoms with Gasteiger partial charge in [-0.3, -0.25) is 0 Å². The summed E-state index contributed by atoms with van der Waals surface area (Å²) >= 11 is 0. The second-order valence-electron chi connectivity index (χ2n) is 16.0. The molecule has 0 fully saturated rings. The Hall–Kier alpha value is -6.84. The minimum Gasteiger partial charge on any atom is -0.454 e. The van der Waals surface area contributed by atoms with Crippen LogP contribution >= 0.6 is 0 Å². The largest absolute Gasteiger partial charge is 0.454 e. The second-order valence-corrected chi connectivity index (χ2v) is 16.0. The first kappa shape index (κ1) is 29.6. The molecule has 258 valence electrons. The Morgan fingerprint density at radius 1 is 0.418 bits per heavy atom. The van der Waals surface area contributed by atoms with E-state index in [0.29, 0.717) is 0 Å². The summed E-state index contributed by atoms with van der Waals surface area (Å²) in [5.74, 6) is 1.80. The van der Waals surface area contributed by atoms with Crippen molar-refractivity contribution in [2.24, 2.45) is 0 Å². The van der Waals surface area contributed by atoms with Gasteiger partial charge in [0, 0.05) is 43.8 Å². The first-order valence-electron chi connectivity index (χ1n) is 19.3. The molecule has 4 heterocycles. The molecule has 10 aromatic rings. The van der Waals surface area contributed by atoms with E-state index in [9.17, 15) is 0 Å². The van der Waals surface area contributed by atoms with E-state index in [1.807, 2.05) is 0 Å². The molecule has 1 unspecified atom stereocenters. The molecule has 8 aromatic carbocycles. The highest BCUT2D eigenvalue weighted by atomic mass is 16.5. The van der Waals surface area contributed by atoms with E-state index in [1.54, 1.807) is 0 Å². The predicted octanol–water partition coefficient (Wildman–Crippen LogP) is 13.0. The molecular formula is C52H34N2O. The number of aromatic nitrogens is 2. The van der Waals surface area contributed by atoms with E-state index in [1.165, 1.54) is 77.2 Å². The number of nitrogens with zero attached hydrogens (tertiary/aromatic N) is 2. The van der Waals surface area contributed by atoms with Gasteiger partial charge in [0.1, 0.15) is 5.75 Å². The lowest BCUT2D eigenvalue weighted by molar-refractivity contribution is 0.438. The zero-order valence-electron chi connectivity index (χ0n) is 30.5. The van der Waals surface area contributed by atoms with Gasteiger partial charge in [-0.15, -0.1) is 0 Å². The van der Waals surface area contributed by atoms with Gasteiger partial charge in [0.05, 0.1) is 33.2 Å². The topological polar surface area (TPSA) is 19.1 Å². The number of rotatable bonds is 1. The zero-order valence-corrected chi connectivity index (χ0v) is 30.5. The molecule has 0 amide bonds. The van der Waals surface area contributed by atoms with Crippen LogP contribution in [0.2, 0.25) is 0 Å². The normalized spacial score (nSPS) is 16.9. The second kappa shape index (κ2) is 10.0. The van der Waals surface area contributed by atoms with Crippen LogP contribution in [0.4, 0.5) is 0 Å². The molecule has 3 nitrogen and oxygen atoms in total. The standard InChI is InChI=1S/C52H34N2O/c1-51(2)38-18-6-3-14-32(38)33-27-26-31(30-43(33)51)53-44-22-9-4-16-35(44)37-28-29-42-50(49(37)53)55-47-25-12-8-20-40(47)52(42)39-19-7-11-24-46(39)54-45-23-10-5-15-34(45)36-17-13-21-41(52)48(36)54/h3-30H,1-2H3. The molecule has 0 N–H and O–H groups in total. The van der Waals surface area contributed by atoms with Gasteiger partial charge in [-0.25, -0.2) is 0 Å². The number of hydrogen-bond acceptors (Lipinski definition) is 1. The number of hydrogen-bond donors (Lipinski definition) is 0. The summed E-state index contributed by atoms with van der Waals surface area (Å²) in [5, 5.41) is 4.93. The molecule has 13 rings (SSSR count). The van der Waals surface area contributed by atoms with E-state index < -0.39 is 5.41 Å². The monoisotopic (exact) mass is 702 g/mol. The predicted molar refractivity (Wildman–Crippen MR) is 225 cm³/mol.